The third-order valence-electron chi connectivity index (χ3n) is 2.26. The van der Waals surface area contributed by atoms with E-state index >= 15 is 0 Å². The number of nitrogens with one attached hydrogen (secondary N) is 1. The molecule has 2 rings (SSSR count). The topological polar surface area (TPSA) is 43.0 Å². The van der Waals surface area contributed by atoms with Gasteiger partial charge in [-0.25, -0.2) is 4.98 Å². The van der Waals surface area contributed by atoms with E-state index < -0.39 is 0 Å². The van der Waals surface area contributed by atoms with E-state index in [0.717, 1.165) is 31.8 Å². The molecule has 0 aliphatic heterocycles. The van der Waals surface area contributed by atoms with Gasteiger partial charge in [0.2, 0.25) is 0 Å². The van der Waals surface area contributed by atoms with Crippen molar-refractivity contribution >= 4 is 11.6 Å². The van der Waals surface area contributed by atoms with Gasteiger partial charge in [-0.05, 0) is 36.7 Å². The van der Waals surface area contributed by atoms with Crippen molar-refractivity contribution in [2.75, 3.05) is 6.54 Å². The summed E-state index contributed by atoms with van der Waals surface area (Å²) in [6.07, 6.45) is 6.64. The summed E-state index contributed by atoms with van der Waals surface area (Å²) in [7, 11) is 0. The lowest BCUT2D eigenvalue weighted by molar-refractivity contribution is 0.477. The Morgan fingerprint density at radius 3 is 3.06 bits per heavy atom. The van der Waals surface area contributed by atoms with Crippen LogP contribution in [-0.2, 0) is 13.1 Å². The van der Waals surface area contributed by atoms with Gasteiger partial charge in [-0.15, -0.1) is 0 Å². The number of furan rings is 1. The molecule has 0 aliphatic rings. The van der Waals surface area contributed by atoms with Crippen LogP contribution in [0.1, 0.15) is 12.2 Å². The highest BCUT2D eigenvalue weighted by molar-refractivity contribution is 6.28. The van der Waals surface area contributed by atoms with Crippen molar-refractivity contribution in [1.82, 2.24) is 14.9 Å². The molecular formula is C11H14ClN3O. The predicted molar refractivity (Wildman–Crippen MR) is 62.3 cm³/mol. The molecule has 0 bridgehead atoms. The lowest BCUT2D eigenvalue weighted by Crippen LogP contribution is -2.15. The zero-order chi connectivity index (χ0) is 11.2. The maximum atomic E-state index is 5.66. The molecule has 0 spiro atoms. The van der Waals surface area contributed by atoms with Gasteiger partial charge in [-0.3, -0.25) is 0 Å². The molecule has 5 heteroatoms. The molecule has 2 aromatic heterocycles. The van der Waals surface area contributed by atoms with Gasteiger partial charge in [0.25, 0.3) is 0 Å². The van der Waals surface area contributed by atoms with E-state index in [1.807, 2.05) is 18.6 Å². The Hall–Kier alpha value is -1.26. The summed E-state index contributed by atoms with van der Waals surface area (Å²) in [4.78, 5) is 3.98. The first-order chi connectivity index (χ1) is 7.84. The molecule has 0 saturated carbocycles. The van der Waals surface area contributed by atoms with E-state index in [4.69, 9.17) is 16.0 Å². The van der Waals surface area contributed by atoms with Gasteiger partial charge in [0.15, 0.2) is 5.22 Å². The molecule has 0 radical (unpaired) electrons. The van der Waals surface area contributed by atoms with Crippen molar-refractivity contribution in [2.24, 2.45) is 0 Å². The van der Waals surface area contributed by atoms with Gasteiger partial charge in [0.05, 0.1) is 12.9 Å². The molecule has 1 N–H and O–H groups in total. The number of aromatic nitrogens is 2. The summed E-state index contributed by atoms with van der Waals surface area (Å²) in [5, 5.41) is 3.73. The summed E-state index contributed by atoms with van der Waals surface area (Å²) in [6.45, 7) is 2.64. The molecule has 16 heavy (non-hydrogen) atoms. The number of hydrogen-bond donors (Lipinski definition) is 1. The van der Waals surface area contributed by atoms with Crippen LogP contribution >= 0.6 is 11.6 Å². The lowest BCUT2D eigenvalue weighted by atomic mass is 10.4. The second kappa shape index (κ2) is 5.72. The van der Waals surface area contributed by atoms with E-state index in [0.29, 0.717) is 5.22 Å². The molecule has 0 aromatic carbocycles. The predicted octanol–water partition coefficient (Wildman–Crippen LogP) is 2.31. The average molecular weight is 240 g/mol. The fourth-order valence-electron chi connectivity index (χ4n) is 1.46. The van der Waals surface area contributed by atoms with E-state index in [1.165, 1.54) is 0 Å². The summed E-state index contributed by atoms with van der Waals surface area (Å²) < 4.78 is 7.28. The first kappa shape index (κ1) is 11.2. The van der Waals surface area contributed by atoms with Crippen LogP contribution in [0.4, 0.5) is 0 Å². The van der Waals surface area contributed by atoms with E-state index in [2.05, 4.69) is 14.9 Å². The highest BCUT2D eigenvalue weighted by atomic mass is 35.5. The first-order valence-corrected chi connectivity index (χ1v) is 5.63. The van der Waals surface area contributed by atoms with E-state index in [9.17, 15) is 0 Å². The Bertz CT molecular complexity index is 411. The number of aryl methyl sites for hydroxylation is 1. The zero-order valence-corrected chi connectivity index (χ0v) is 9.65. The van der Waals surface area contributed by atoms with Crippen LogP contribution in [0, 0.1) is 0 Å². The van der Waals surface area contributed by atoms with Crippen LogP contribution in [-0.4, -0.2) is 16.1 Å². The maximum absolute atomic E-state index is 5.66. The van der Waals surface area contributed by atoms with Gasteiger partial charge in [-0.1, -0.05) is 0 Å². The number of hydrogen-bond acceptors (Lipinski definition) is 3. The Kier molecular flexibility index (Phi) is 4.02. The number of rotatable bonds is 6. The summed E-state index contributed by atoms with van der Waals surface area (Å²) in [6, 6.07) is 3.63. The third kappa shape index (κ3) is 3.40. The smallest absolute Gasteiger partial charge is 0.193 e. The molecule has 0 atom stereocenters. The van der Waals surface area contributed by atoms with Crippen LogP contribution in [0.25, 0.3) is 0 Å². The molecule has 0 fully saturated rings. The first-order valence-electron chi connectivity index (χ1n) is 5.25. The number of imidazole rings is 1. The van der Waals surface area contributed by atoms with Gasteiger partial charge >= 0.3 is 0 Å². The van der Waals surface area contributed by atoms with Gasteiger partial charge in [0, 0.05) is 18.9 Å². The molecule has 86 valence electrons. The van der Waals surface area contributed by atoms with Crippen molar-refractivity contribution in [3.05, 3.63) is 41.8 Å². The van der Waals surface area contributed by atoms with Crippen molar-refractivity contribution in [1.29, 1.82) is 0 Å². The number of halogens is 1. The summed E-state index contributed by atoms with van der Waals surface area (Å²) >= 11 is 5.66. The van der Waals surface area contributed by atoms with Crippen LogP contribution < -0.4 is 5.32 Å². The lowest BCUT2D eigenvalue weighted by Gasteiger charge is -2.03. The van der Waals surface area contributed by atoms with Gasteiger partial charge in [0.1, 0.15) is 5.76 Å². The molecule has 0 unspecified atom stereocenters. The second-order valence-electron chi connectivity index (χ2n) is 3.54. The Morgan fingerprint density at radius 1 is 1.44 bits per heavy atom. The van der Waals surface area contributed by atoms with Crippen molar-refractivity contribution in [3.63, 3.8) is 0 Å². The standard InChI is InChI=1S/C11H14ClN3O/c12-11-3-2-10(16-11)8-13-4-1-6-15-7-5-14-9-15/h2-3,5,7,9,13H,1,4,6,8H2. The Morgan fingerprint density at radius 2 is 2.38 bits per heavy atom. The molecule has 2 aromatic rings. The van der Waals surface area contributed by atoms with E-state index in [1.54, 1.807) is 12.3 Å². The fraction of sp³-hybridized carbons (Fsp3) is 0.364. The minimum absolute atomic E-state index is 0.440. The Balaban J connectivity index is 1.59. The SMILES string of the molecule is Clc1ccc(CNCCCn2ccnc2)o1. The van der Waals surface area contributed by atoms with Crippen LogP contribution in [0.3, 0.4) is 0 Å². The monoisotopic (exact) mass is 239 g/mol. The quantitative estimate of drug-likeness (QED) is 0.787. The normalized spacial score (nSPS) is 10.8. The van der Waals surface area contributed by atoms with Gasteiger partial charge < -0.3 is 14.3 Å². The molecular weight excluding hydrogens is 226 g/mol. The summed E-state index contributed by atoms with van der Waals surface area (Å²) in [5.74, 6) is 0.868. The molecule has 0 saturated heterocycles. The van der Waals surface area contributed by atoms with Gasteiger partial charge in [-0.2, -0.15) is 0 Å². The maximum Gasteiger partial charge on any atom is 0.193 e. The largest absolute Gasteiger partial charge is 0.448 e. The third-order valence-corrected chi connectivity index (χ3v) is 2.46. The minimum Gasteiger partial charge on any atom is -0.448 e. The van der Waals surface area contributed by atoms with Crippen molar-refractivity contribution < 1.29 is 4.42 Å². The summed E-state index contributed by atoms with van der Waals surface area (Å²) in [5.41, 5.74) is 0. The van der Waals surface area contributed by atoms with Crippen molar-refractivity contribution in [3.8, 4) is 0 Å². The van der Waals surface area contributed by atoms with Crippen LogP contribution in [0.5, 0.6) is 0 Å². The molecule has 2 heterocycles. The minimum atomic E-state index is 0.440. The molecule has 4 nitrogen and oxygen atoms in total. The fourth-order valence-corrected chi connectivity index (χ4v) is 1.63. The highest BCUT2D eigenvalue weighted by Gasteiger charge is 1.98. The molecule has 0 aliphatic carbocycles. The Labute approximate surface area is 99.2 Å². The van der Waals surface area contributed by atoms with E-state index in [-0.39, 0.29) is 0 Å². The molecule has 0 amide bonds. The van der Waals surface area contributed by atoms with Crippen LogP contribution in [0.2, 0.25) is 5.22 Å². The second-order valence-corrected chi connectivity index (χ2v) is 3.91. The number of nitrogens with zero attached hydrogens (tertiary/aromatic N) is 2. The average Bonchev–Trinajstić information content (AvgIpc) is 2.89. The highest BCUT2D eigenvalue weighted by Crippen LogP contribution is 2.12. The van der Waals surface area contributed by atoms with Crippen molar-refractivity contribution in [2.45, 2.75) is 19.5 Å². The van der Waals surface area contributed by atoms with Crippen LogP contribution in [0.15, 0.2) is 35.3 Å². The zero-order valence-electron chi connectivity index (χ0n) is 8.90.